The maximum Gasteiger partial charge on any atom is 0.225 e. The summed E-state index contributed by atoms with van der Waals surface area (Å²) in [4.78, 5) is 12.4. The van der Waals surface area contributed by atoms with Crippen LogP contribution >= 0.6 is 0 Å². The number of rotatable bonds is 13. The van der Waals surface area contributed by atoms with E-state index < -0.39 is 0 Å². The van der Waals surface area contributed by atoms with Crippen LogP contribution in [-0.2, 0) is 4.79 Å². The predicted molar refractivity (Wildman–Crippen MR) is 107 cm³/mol. The van der Waals surface area contributed by atoms with Gasteiger partial charge in [0.25, 0.3) is 0 Å². The molecule has 2 heteroatoms. The second kappa shape index (κ2) is 12.3. The van der Waals surface area contributed by atoms with E-state index in [1.807, 2.05) is 0 Å². The van der Waals surface area contributed by atoms with Crippen molar-refractivity contribution in [1.29, 1.82) is 0 Å². The predicted octanol–water partition coefficient (Wildman–Crippen LogP) is 6.43. The van der Waals surface area contributed by atoms with Gasteiger partial charge in [-0.05, 0) is 37.5 Å². The number of hydrogen-bond acceptors (Lipinski definition) is 1. The van der Waals surface area contributed by atoms with E-state index in [0.717, 1.165) is 32.2 Å². The van der Waals surface area contributed by atoms with E-state index in [0.29, 0.717) is 0 Å². The van der Waals surface area contributed by atoms with E-state index in [2.05, 4.69) is 71.2 Å². The van der Waals surface area contributed by atoms with Crippen molar-refractivity contribution >= 4 is 5.91 Å². The zero-order chi connectivity index (χ0) is 18.5. The Morgan fingerprint density at radius 1 is 0.917 bits per heavy atom. The zero-order valence-corrected chi connectivity index (χ0v) is 17.1. The number of carbonyl (C=O) groups excluding carboxylic acids is 1. The van der Waals surface area contributed by atoms with E-state index in [9.17, 15) is 4.79 Å². The average Bonchev–Trinajstić information content (AvgIpc) is 2.49. The van der Waals surface area contributed by atoms with Crippen molar-refractivity contribution in [2.75, 3.05) is 6.54 Å². The summed E-state index contributed by atoms with van der Waals surface area (Å²) in [5.41, 5.74) is -0.306. The van der Waals surface area contributed by atoms with Crippen molar-refractivity contribution in [3.05, 3.63) is 24.3 Å². The quantitative estimate of drug-likeness (QED) is 0.305. The third kappa shape index (κ3) is 11.5. The molecule has 2 nitrogen and oxygen atoms in total. The number of unbranched alkanes of at least 4 members (excludes halogenated alkanes) is 4. The van der Waals surface area contributed by atoms with Gasteiger partial charge in [0.15, 0.2) is 0 Å². The Morgan fingerprint density at radius 2 is 1.58 bits per heavy atom. The maximum absolute atomic E-state index is 12.4. The summed E-state index contributed by atoms with van der Waals surface area (Å²) >= 11 is 0. The van der Waals surface area contributed by atoms with Crippen molar-refractivity contribution in [2.24, 2.45) is 10.8 Å². The van der Waals surface area contributed by atoms with Crippen molar-refractivity contribution in [1.82, 2.24) is 5.32 Å². The minimum absolute atomic E-state index is 0.0294. The molecule has 0 aliphatic heterocycles. The molecular formula is C22H41NO. The van der Waals surface area contributed by atoms with E-state index >= 15 is 0 Å². The monoisotopic (exact) mass is 335 g/mol. The van der Waals surface area contributed by atoms with Gasteiger partial charge in [-0.25, -0.2) is 0 Å². The Morgan fingerprint density at radius 3 is 2.21 bits per heavy atom. The Bertz CT molecular complexity index is 391. The highest BCUT2D eigenvalue weighted by Gasteiger charge is 2.33. The summed E-state index contributed by atoms with van der Waals surface area (Å²) in [5, 5.41) is 3.07. The zero-order valence-electron chi connectivity index (χ0n) is 17.1. The molecule has 0 aromatic heterocycles. The SMILES string of the molecule is CCCCC/C=C\C/C=C\C(C)(C)CC(C)(C)C(=O)NCCCC. The second-order valence-corrected chi connectivity index (χ2v) is 8.26. The van der Waals surface area contributed by atoms with E-state index in [1.54, 1.807) is 0 Å². The van der Waals surface area contributed by atoms with Crippen LogP contribution in [0.25, 0.3) is 0 Å². The van der Waals surface area contributed by atoms with Crippen LogP contribution in [0.5, 0.6) is 0 Å². The van der Waals surface area contributed by atoms with Gasteiger partial charge in [-0.2, -0.15) is 0 Å². The maximum atomic E-state index is 12.4. The standard InChI is InChI=1S/C22H41NO/c1-7-9-11-12-13-14-15-16-17-21(3,4)19-22(5,6)20(24)23-18-10-8-2/h13-14,16-17H,7-12,15,18-19H2,1-6H3,(H,23,24)/b14-13-,17-16-. The van der Waals surface area contributed by atoms with Crippen LogP contribution in [0.1, 0.15) is 92.9 Å². The highest BCUT2D eigenvalue weighted by atomic mass is 16.2. The number of amides is 1. The highest BCUT2D eigenvalue weighted by molar-refractivity contribution is 5.81. The summed E-state index contributed by atoms with van der Waals surface area (Å²) in [6.45, 7) is 13.7. The first-order valence-electron chi connectivity index (χ1n) is 9.86. The lowest BCUT2D eigenvalue weighted by Crippen LogP contribution is -2.39. The lowest BCUT2D eigenvalue weighted by Gasteiger charge is -2.32. The summed E-state index contributed by atoms with van der Waals surface area (Å²) in [7, 11) is 0. The largest absolute Gasteiger partial charge is 0.356 e. The molecule has 0 aromatic rings. The first kappa shape index (κ1) is 22.9. The van der Waals surface area contributed by atoms with Gasteiger partial charge in [0.1, 0.15) is 0 Å². The summed E-state index contributed by atoms with van der Waals surface area (Å²) in [6.07, 6.45) is 18.1. The van der Waals surface area contributed by atoms with E-state index in [-0.39, 0.29) is 16.7 Å². The molecule has 0 heterocycles. The molecular weight excluding hydrogens is 294 g/mol. The van der Waals surface area contributed by atoms with Crippen molar-refractivity contribution in [2.45, 2.75) is 92.9 Å². The number of allylic oxidation sites excluding steroid dienone is 4. The molecule has 1 amide bonds. The van der Waals surface area contributed by atoms with Gasteiger partial charge in [-0.3, -0.25) is 4.79 Å². The van der Waals surface area contributed by atoms with Gasteiger partial charge in [-0.1, -0.05) is 85.1 Å². The Labute approximate surface area is 151 Å². The number of hydrogen-bond donors (Lipinski definition) is 1. The lowest BCUT2D eigenvalue weighted by atomic mass is 9.74. The Hall–Kier alpha value is -1.05. The average molecular weight is 336 g/mol. The third-order valence-electron chi connectivity index (χ3n) is 4.31. The second-order valence-electron chi connectivity index (χ2n) is 8.26. The molecule has 0 bridgehead atoms. The normalized spacial score (nSPS) is 13.1. The fraction of sp³-hybridized carbons (Fsp3) is 0.773. The van der Waals surface area contributed by atoms with Crippen LogP contribution in [0, 0.1) is 10.8 Å². The van der Waals surface area contributed by atoms with Crippen LogP contribution < -0.4 is 5.32 Å². The number of carbonyl (C=O) groups is 1. The molecule has 140 valence electrons. The molecule has 0 aliphatic rings. The smallest absolute Gasteiger partial charge is 0.225 e. The van der Waals surface area contributed by atoms with E-state index in [4.69, 9.17) is 0 Å². The topological polar surface area (TPSA) is 29.1 Å². The molecule has 0 radical (unpaired) electrons. The minimum atomic E-state index is -0.336. The molecule has 0 unspecified atom stereocenters. The van der Waals surface area contributed by atoms with Crippen LogP contribution in [0.3, 0.4) is 0 Å². The molecule has 0 saturated heterocycles. The van der Waals surface area contributed by atoms with Crippen LogP contribution in [0.4, 0.5) is 0 Å². The van der Waals surface area contributed by atoms with Crippen molar-refractivity contribution in [3.63, 3.8) is 0 Å². The fourth-order valence-corrected chi connectivity index (χ4v) is 3.09. The first-order valence-corrected chi connectivity index (χ1v) is 9.86. The van der Waals surface area contributed by atoms with Gasteiger partial charge < -0.3 is 5.32 Å². The number of nitrogens with one attached hydrogen (secondary N) is 1. The van der Waals surface area contributed by atoms with Gasteiger partial charge in [-0.15, -0.1) is 0 Å². The molecule has 24 heavy (non-hydrogen) atoms. The summed E-state index contributed by atoms with van der Waals surface area (Å²) in [6, 6.07) is 0. The molecule has 1 N–H and O–H groups in total. The lowest BCUT2D eigenvalue weighted by molar-refractivity contribution is -0.130. The summed E-state index contributed by atoms with van der Waals surface area (Å²) < 4.78 is 0. The van der Waals surface area contributed by atoms with Gasteiger partial charge in [0.05, 0.1) is 0 Å². The Balaban J connectivity index is 4.29. The molecule has 0 aliphatic carbocycles. The van der Waals surface area contributed by atoms with Crippen LogP contribution in [0.2, 0.25) is 0 Å². The molecule has 0 atom stereocenters. The first-order chi connectivity index (χ1) is 11.2. The molecule has 0 aromatic carbocycles. The van der Waals surface area contributed by atoms with Crippen molar-refractivity contribution < 1.29 is 4.79 Å². The van der Waals surface area contributed by atoms with Gasteiger partial charge in [0, 0.05) is 12.0 Å². The van der Waals surface area contributed by atoms with E-state index in [1.165, 1.54) is 25.7 Å². The fourth-order valence-electron chi connectivity index (χ4n) is 3.09. The van der Waals surface area contributed by atoms with Gasteiger partial charge in [0.2, 0.25) is 5.91 Å². The molecule has 0 saturated carbocycles. The van der Waals surface area contributed by atoms with Crippen LogP contribution in [-0.4, -0.2) is 12.5 Å². The summed E-state index contributed by atoms with van der Waals surface area (Å²) in [5.74, 6) is 0.174. The van der Waals surface area contributed by atoms with Crippen LogP contribution in [0.15, 0.2) is 24.3 Å². The van der Waals surface area contributed by atoms with Gasteiger partial charge >= 0.3 is 0 Å². The highest BCUT2D eigenvalue weighted by Crippen LogP contribution is 2.35. The Kier molecular flexibility index (Phi) is 11.8. The van der Waals surface area contributed by atoms with Crippen molar-refractivity contribution in [3.8, 4) is 0 Å². The molecule has 0 fully saturated rings. The molecule has 0 rings (SSSR count). The minimum Gasteiger partial charge on any atom is -0.356 e. The third-order valence-corrected chi connectivity index (χ3v) is 4.31. The molecule has 0 spiro atoms.